The second-order valence-corrected chi connectivity index (χ2v) is 5.46. The highest BCUT2D eigenvalue weighted by Gasteiger charge is 2.22. The van der Waals surface area contributed by atoms with E-state index >= 15 is 0 Å². The number of carboxylic acids is 1. The zero-order valence-corrected chi connectivity index (χ0v) is 12.3. The van der Waals surface area contributed by atoms with Crippen LogP contribution in [0.4, 0.5) is 0 Å². The van der Waals surface area contributed by atoms with Crippen molar-refractivity contribution in [3.63, 3.8) is 0 Å². The van der Waals surface area contributed by atoms with Gasteiger partial charge in [-0.1, -0.05) is 30.3 Å². The summed E-state index contributed by atoms with van der Waals surface area (Å²) in [6.07, 6.45) is 0. The van der Waals surface area contributed by atoms with Crippen molar-refractivity contribution in [2.24, 2.45) is 0 Å². The molecule has 3 nitrogen and oxygen atoms in total. The zero-order chi connectivity index (χ0) is 14.3. The lowest BCUT2D eigenvalue weighted by molar-refractivity contribution is 0.0666. The van der Waals surface area contributed by atoms with Gasteiger partial charge < -0.3 is 9.52 Å². The van der Waals surface area contributed by atoms with Crippen molar-refractivity contribution in [2.45, 2.75) is 6.92 Å². The van der Waals surface area contributed by atoms with Crippen LogP contribution in [-0.2, 0) is 0 Å². The predicted octanol–water partition coefficient (Wildman–Crippen LogP) is 4.87. The molecule has 0 atom stereocenters. The minimum atomic E-state index is -1.07. The molecule has 1 heterocycles. The second-order valence-electron chi connectivity index (χ2n) is 4.60. The van der Waals surface area contributed by atoms with Crippen LogP contribution in [0.1, 0.15) is 16.1 Å². The SMILES string of the molecule is Cc1cc(Br)c2oc(C(=O)O)c(-c3ccccc3)c2c1. The van der Waals surface area contributed by atoms with Crippen molar-refractivity contribution in [3.8, 4) is 11.1 Å². The highest BCUT2D eigenvalue weighted by Crippen LogP contribution is 2.38. The molecule has 0 spiro atoms. The third-order valence-corrected chi connectivity index (χ3v) is 3.73. The molecule has 2 aromatic carbocycles. The van der Waals surface area contributed by atoms with E-state index in [9.17, 15) is 9.90 Å². The van der Waals surface area contributed by atoms with E-state index in [-0.39, 0.29) is 5.76 Å². The number of rotatable bonds is 2. The van der Waals surface area contributed by atoms with E-state index in [4.69, 9.17) is 4.42 Å². The fraction of sp³-hybridized carbons (Fsp3) is 0.0625. The molecular formula is C16H11BrO3. The fourth-order valence-electron chi connectivity index (χ4n) is 2.34. The van der Waals surface area contributed by atoms with Crippen LogP contribution in [0.25, 0.3) is 22.1 Å². The summed E-state index contributed by atoms with van der Waals surface area (Å²) < 4.78 is 6.32. The topological polar surface area (TPSA) is 50.4 Å². The monoisotopic (exact) mass is 330 g/mol. The van der Waals surface area contributed by atoms with E-state index in [2.05, 4.69) is 15.9 Å². The Balaban J connectivity index is 2.44. The summed E-state index contributed by atoms with van der Waals surface area (Å²) in [7, 11) is 0. The number of carboxylic acid groups (broad SMARTS) is 1. The van der Waals surface area contributed by atoms with E-state index in [0.29, 0.717) is 11.1 Å². The Bertz CT molecular complexity index is 803. The van der Waals surface area contributed by atoms with Crippen LogP contribution in [-0.4, -0.2) is 11.1 Å². The van der Waals surface area contributed by atoms with Crippen molar-refractivity contribution < 1.29 is 14.3 Å². The van der Waals surface area contributed by atoms with Gasteiger partial charge in [0.05, 0.1) is 4.47 Å². The maximum Gasteiger partial charge on any atom is 0.372 e. The van der Waals surface area contributed by atoms with Crippen molar-refractivity contribution >= 4 is 32.9 Å². The average molecular weight is 331 g/mol. The van der Waals surface area contributed by atoms with Crippen molar-refractivity contribution in [1.82, 2.24) is 0 Å². The average Bonchev–Trinajstić information content (AvgIpc) is 2.79. The Morgan fingerprint density at radius 2 is 1.90 bits per heavy atom. The molecule has 0 fully saturated rings. The van der Waals surface area contributed by atoms with Crippen LogP contribution >= 0.6 is 15.9 Å². The first-order chi connectivity index (χ1) is 9.58. The van der Waals surface area contributed by atoms with Crippen LogP contribution in [0.3, 0.4) is 0 Å². The van der Waals surface area contributed by atoms with Crippen molar-refractivity contribution in [1.29, 1.82) is 0 Å². The molecule has 0 bridgehead atoms. The molecule has 1 aromatic heterocycles. The Morgan fingerprint density at radius 1 is 1.20 bits per heavy atom. The third-order valence-electron chi connectivity index (χ3n) is 3.15. The molecule has 3 rings (SSSR count). The Labute approximate surface area is 124 Å². The van der Waals surface area contributed by atoms with E-state index in [1.165, 1.54) is 0 Å². The molecule has 0 aliphatic carbocycles. The summed E-state index contributed by atoms with van der Waals surface area (Å²) in [5.74, 6) is -1.10. The maximum atomic E-state index is 11.5. The van der Waals surface area contributed by atoms with Gasteiger partial charge in [-0.2, -0.15) is 0 Å². The number of hydrogen-bond donors (Lipinski definition) is 1. The molecular weight excluding hydrogens is 320 g/mol. The lowest BCUT2D eigenvalue weighted by Crippen LogP contribution is -1.95. The number of hydrogen-bond acceptors (Lipinski definition) is 2. The van der Waals surface area contributed by atoms with Crippen molar-refractivity contribution in [2.75, 3.05) is 0 Å². The van der Waals surface area contributed by atoms with Gasteiger partial charge in [-0.05, 0) is 46.1 Å². The normalized spacial score (nSPS) is 10.9. The summed E-state index contributed by atoms with van der Waals surface area (Å²) in [5.41, 5.74) is 3.06. The molecule has 0 amide bonds. The first kappa shape index (κ1) is 12.9. The van der Waals surface area contributed by atoms with E-state index in [0.717, 1.165) is 21.0 Å². The van der Waals surface area contributed by atoms with Gasteiger partial charge >= 0.3 is 5.97 Å². The number of aromatic carboxylic acids is 1. The quantitative estimate of drug-likeness (QED) is 0.729. The van der Waals surface area contributed by atoms with E-state index < -0.39 is 5.97 Å². The molecule has 0 radical (unpaired) electrons. The molecule has 0 aliphatic heterocycles. The number of furan rings is 1. The zero-order valence-electron chi connectivity index (χ0n) is 10.7. The van der Waals surface area contributed by atoms with E-state index in [1.54, 1.807) is 0 Å². The van der Waals surface area contributed by atoms with Gasteiger partial charge in [0, 0.05) is 10.9 Å². The standard InChI is InChI=1S/C16H11BrO3/c1-9-7-11-13(10-5-3-2-4-6-10)15(16(18)19)20-14(11)12(17)8-9/h2-8H,1H3,(H,18,19). The minimum Gasteiger partial charge on any atom is -0.475 e. The van der Waals surface area contributed by atoms with Gasteiger partial charge in [-0.15, -0.1) is 0 Å². The van der Waals surface area contributed by atoms with Crippen molar-refractivity contribution in [3.05, 3.63) is 58.3 Å². The lowest BCUT2D eigenvalue weighted by Gasteiger charge is -2.01. The molecule has 0 saturated heterocycles. The van der Waals surface area contributed by atoms with Crippen LogP contribution in [0.15, 0.2) is 51.4 Å². The van der Waals surface area contributed by atoms with Gasteiger partial charge in [0.25, 0.3) is 0 Å². The molecule has 4 heteroatoms. The summed E-state index contributed by atoms with van der Waals surface area (Å²) in [5, 5.41) is 10.2. The lowest BCUT2D eigenvalue weighted by atomic mass is 10.0. The first-order valence-electron chi connectivity index (χ1n) is 6.09. The predicted molar refractivity (Wildman–Crippen MR) is 81.0 cm³/mol. The number of halogens is 1. The smallest absolute Gasteiger partial charge is 0.372 e. The molecule has 0 unspecified atom stereocenters. The molecule has 20 heavy (non-hydrogen) atoms. The summed E-state index contributed by atoms with van der Waals surface area (Å²) in [6.45, 7) is 1.96. The minimum absolute atomic E-state index is 0.0301. The highest BCUT2D eigenvalue weighted by molar-refractivity contribution is 9.10. The van der Waals surface area contributed by atoms with Crippen LogP contribution in [0.2, 0.25) is 0 Å². The molecule has 0 saturated carbocycles. The fourth-order valence-corrected chi connectivity index (χ4v) is 2.99. The number of fused-ring (bicyclic) bond motifs is 1. The summed E-state index contributed by atoms with van der Waals surface area (Å²) in [4.78, 5) is 11.5. The molecule has 3 aromatic rings. The van der Waals surface area contributed by atoms with Crippen LogP contribution in [0, 0.1) is 6.92 Å². The molecule has 1 N–H and O–H groups in total. The summed E-state index contributed by atoms with van der Waals surface area (Å²) in [6, 6.07) is 13.3. The van der Waals surface area contributed by atoms with Crippen LogP contribution < -0.4 is 0 Å². The number of carbonyl (C=O) groups is 1. The molecule has 100 valence electrons. The summed E-state index contributed by atoms with van der Waals surface area (Å²) >= 11 is 3.43. The number of aryl methyl sites for hydroxylation is 1. The van der Waals surface area contributed by atoms with Gasteiger partial charge in [0.2, 0.25) is 5.76 Å². The molecule has 0 aliphatic rings. The third kappa shape index (κ3) is 2.02. The van der Waals surface area contributed by atoms with Gasteiger partial charge in [-0.3, -0.25) is 0 Å². The van der Waals surface area contributed by atoms with Gasteiger partial charge in [0.15, 0.2) is 0 Å². The van der Waals surface area contributed by atoms with E-state index in [1.807, 2.05) is 49.4 Å². The largest absolute Gasteiger partial charge is 0.475 e. The second kappa shape index (κ2) is 4.80. The van der Waals surface area contributed by atoms with Crippen LogP contribution in [0.5, 0.6) is 0 Å². The van der Waals surface area contributed by atoms with Gasteiger partial charge in [-0.25, -0.2) is 4.79 Å². The number of benzene rings is 2. The highest BCUT2D eigenvalue weighted by atomic mass is 79.9. The Kier molecular flexibility index (Phi) is 3.10. The Morgan fingerprint density at radius 3 is 2.55 bits per heavy atom. The van der Waals surface area contributed by atoms with Gasteiger partial charge in [0.1, 0.15) is 5.58 Å². The maximum absolute atomic E-state index is 11.5. The Hall–Kier alpha value is -2.07. The first-order valence-corrected chi connectivity index (χ1v) is 6.88.